The van der Waals surface area contributed by atoms with Crippen molar-refractivity contribution in [1.29, 1.82) is 0 Å². The first-order chi connectivity index (χ1) is 6.77. The Morgan fingerprint density at radius 3 is 3.07 bits per heavy atom. The minimum Gasteiger partial charge on any atom is -0.384 e. The number of carbonyl (C=O) groups is 1. The third-order valence-electron chi connectivity index (χ3n) is 2.58. The summed E-state index contributed by atoms with van der Waals surface area (Å²) in [6.45, 7) is 2.48. The fourth-order valence-corrected chi connectivity index (χ4v) is 2.06. The molecule has 1 amide bonds. The van der Waals surface area contributed by atoms with Crippen LogP contribution in [-0.4, -0.2) is 43.5 Å². The van der Waals surface area contributed by atoms with Crippen molar-refractivity contribution >= 4 is 17.5 Å². The van der Waals surface area contributed by atoms with Gasteiger partial charge in [0.05, 0.1) is 6.61 Å². The molecule has 14 heavy (non-hydrogen) atoms. The largest absolute Gasteiger partial charge is 0.384 e. The van der Waals surface area contributed by atoms with Gasteiger partial charge >= 0.3 is 0 Å². The summed E-state index contributed by atoms with van der Waals surface area (Å²) in [7, 11) is 1.71. The molecule has 0 radical (unpaired) electrons. The highest BCUT2D eigenvalue weighted by atomic mass is 35.5. The van der Waals surface area contributed by atoms with Crippen LogP contribution in [0.2, 0.25) is 0 Å². The molecule has 0 N–H and O–H groups in total. The molecule has 1 aliphatic heterocycles. The molecule has 0 aromatic rings. The highest BCUT2D eigenvalue weighted by Gasteiger charge is 2.22. The average molecular weight is 220 g/mol. The van der Waals surface area contributed by atoms with Gasteiger partial charge in [-0.1, -0.05) is 0 Å². The van der Waals surface area contributed by atoms with Crippen LogP contribution in [0.5, 0.6) is 0 Å². The fraction of sp³-hybridized carbons (Fsp3) is 0.900. The fourth-order valence-electron chi connectivity index (χ4n) is 1.90. The Balaban J connectivity index is 2.35. The van der Waals surface area contributed by atoms with Gasteiger partial charge in [-0.15, -0.1) is 11.6 Å². The lowest BCUT2D eigenvalue weighted by Crippen LogP contribution is -2.41. The molecule has 82 valence electrons. The van der Waals surface area contributed by atoms with E-state index in [1.54, 1.807) is 7.11 Å². The van der Waals surface area contributed by atoms with Crippen molar-refractivity contribution < 1.29 is 9.53 Å². The van der Waals surface area contributed by atoms with Crippen LogP contribution < -0.4 is 0 Å². The van der Waals surface area contributed by atoms with Crippen molar-refractivity contribution in [3.63, 3.8) is 0 Å². The Kier molecular flexibility index (Phi) is 5.26. The van der Waals surface area contributed by atoms with Crippen molar-refractivity contribution in [2.75, 3.05) is 32.7 Å². The van der Waals surface area contributed by atoms with E-state index in [2.05, 4.69) is 0 Å². The predicted octanol–water partition coefficient (Wildman–Crippen LogP) is 1.50. The zero-order chi connectivity index (χ0) is 10.4. The number of amides is 1. The number of hydrogen-bond donors (Lipinski definition) is 0. The van der Waals surface area contributed by atoms with Crippen molar-refractivity contribution in [2.24, 2.45) is 5.92 Å². The zero-order valence-corrected chi connectivity index (χ0v) is 9.42. The summed E-state index contributed by atoms with van der Waals surface area (Å²) in [6, 6.07) is 0. The van der Waals surface area contributed by atoms with E-state index in [0.717, 1.165) is 26.1 Å². The first-order valence-electron chi connectivity index (χ1n) is 5.10. The van der Waals surface area contributed by atoms with Crippen LogP contribution >= 0.6 is 11.6 Å². The molecule has 0 saturated carbocycles. The van der Waals surface area contributed by atoms with Gasteiger partial charge in [-0.2, -0.15) is 0 Å². The summed E-state index contributed by atoms with van der Waals surface area (Å²) in [5.74, 6) is 1.11. The van der Waals surface area contributed by atoms with E-state index in [4.69, 9.17) is 16.3 Å². The van der Waals surface area contributed by atoms with E-state index in [9.17, 15) is 4.79 Å². The van der Waals surface area contributed by atoms with E-state index in [-0.39, 0.29) is 5.91 Å². The van der Waals surface area contributed by atoms with Crippen molar-refractivity contribution in [2.45, 2.75) is 19.3 Å². The van der Waals surface area contributed by atoms with Gasteiger partial charge in [0.2, 0.25) is 5.91 Å². The van der Waals surface area contributed by atoms with E-state index >= 15 is 0 Å². The van der Waals surface area contributed by atoms with Crippen molar-refractivity contribution in [3.05, 3.63) is 0 Å². The molecule has 1 saturated heterocycles. The monoisotopic (exact) mass is 219 g/mol. The molecule has 0 aliphatic carbocycles. The van der Waals surface area contributed by atoms with Crippen molar-refractivity contribution in [3.8, 4) is 0 Å². The second-order valence-corrected chi connectivity index (χ2v) is 4.12. The Morgan fingerprint density at radius 2 is 2.43 bits per heavy atom. The smallest absolute Gasteiger partial charge is 0.223 e. The third-order valence-corrected chi connectivity index (χ3v) is 2.77. The topological polar surface area (TPSA) is 29.5 Å². The standard InChI is InChI=1S/C10H18ClNO2/c1-14-8-9-3-2-6-12(7-9)10(13)4-5-11/h9H,2-8H2,1H3/t9-/m1/s1. The van der Waals surface area contributed by atoms with Gasteiger partial charge < -0.3 is 9.64 Å². The Hall–Kier alpha value is -0.280. The molecule has 1 atom stereocenters. The second-order valence-electron chi connectivity index (χ2n) is 3.74. The lowest BCUT2D eigenvalue weighted by molar-refractivity contribution is -0.132. The van der Waals surface area contributed by atoms with Gasteiger partial charge in [0, 0.05) is 32.5 Å². The van der Waals surface area contributed by atoms with E-state index in [1.807, 2.05) is 4.90 Å². The molecule has 1 rings (SSSR count). The Bertz CT molecular complexity index is 185. The number of likely N-dealkylation sites (tertiary alicyclic amines) is 1. The summed E-state index contributed by atoms with van der Waals surface area (Å²) in [6.07, 6.45) is 2.71. The molecule has 4 heteroatoms. The molecular formula is C10H18ClNO2. The number of carbonyl (C=O) groups excluding carboxylic acids is 1. The summed E-state index contributed by atoms with van der Waals surface area (Å²) >= 11 is 5.54. The molecule has 0 bridgehead atoms. The first-order valence-corrected chi connectivity index (χ1v) is 5.64. The molecular weight excluding hydrogens is 202 g/mol. The molecule has 0 unspecified atom stereocenters. The number of halogens is 1. The lowest BCUT2D eigenvalue weighted by Gasteiger charge is -2.32. The summed E-state index contributed by atoms with van der Waals surface area (Å²) in [4.78, 5) is 13.5. The minimum atomic E-state index is 0.181. The quantitative estimate of drug-likeness (QED) is 0.671. The molecule has 3 nitrogen and oxygen atoms in total. The average Bonchev–Trinajstić information content (AvgIpc) is 2.19. The highest BCUT2D eigenvalue weighted by Crippen LogP contribution is 2.17. The number of rotatable bonds is 4. The van der Waals surface area contributed by atoms with Crippen molar-refractivity contribution in [1.82, 2.24) is 4.90 Å². The molecule has 0 aromatic carbocycles. The second kappa shape index (κ2) is 6.25. The van der Waals surface area contributed by atoms with Gasteiger partial charge in [-0.05, 0) is 18.8 Å². The lowest BCUT2D eigenvalue weighted by atomic mass is 9.99. The van der Waals surface area contributed by atoms with Gasteiger partial charge in [-0.25, -0.2) is 0 Å². The molecule has 0 aromatic heterocycles. The number of nitrogens with zero attached hydrogens (tertiary/aromatic N) is 1. The van der Waals surface area contributed by atoms with Crippen LogP contribution in [0.15, 0.2) is 0 Å². The zero-order valence-electron chi connectivity index (χ0n) is 8.67. The summed E-state index contributed by atoms with van der Waals surface area (Å²) < 4.78 is 5.11. The number of piperidine rings is 1. The number of alkyl halides is 1. The maximum Gasteiger partial charge on any atom is 0.223 e. The Morgan fingerprint density at radius 1 is 1.64 bits per heavy atom. The first kappa shape index (κ1) is 11.8. The van der Waals surface area contributed by atoms with Crippen LogP contribution in [0.3, 0.4) is 0 Å². The Labute approximate surface area is 90.4 Å². The van der Waals surface area contributed by atoms with Crippen LogP contribution in [0.1, 0.15) is 19.3 Å². The number of hydrogen-bond acceptors (Lipinski definition) is 2. The molecule has 1 aliphatic rings. The normalized spacial score (nSPS) is 22.4. The van der Waals surface area contributed by atoms with Gasteiger partial charge in [0.1, 0.15) is 0 Å². The third kappa shape index (κ3) is 3.46. The van der Waals surface area contributed by atoms with Crippen LogP contribution in [0, 0.1) is 5.92 Å². The van der Waals surface area contributed by atoms with Crippen LogP contribution in [-0.2, 0) is 9.53 Å². The molecule has 1 heterocycles. The SMILES string of the molecule is COC[C@@H]1CCCN(C(=O)CCCl)C1. The van der Waals surface area contributed by atoms with Crippen LogP contribution in [0.25, 0.3) is 0 Å². The minimum absolute atomic E-state index is 0.181. The highest BCUT2D eigenvalue weighted by molar-refractivity contribution is 6.18. The number of methoxy groups -OCH3 is 1. The van der Waals surface area contributed by atoms with E-state index < -0.39 is 0 Å². The van der Waals surface area contributed by atoms with E-state index in [0.29, 0.717) is 18.2 Å². The summed E-state index contributed by atoms with van der Waals surface area (Å²) in [5, 5.41) is 0. The van der Waals surface area contributed by atoms with Gasteiger partial charge in [0.25, 0.3) is 0 Å². The van der Waals surface area contributed by atoms with Gasteiger partial charge in [-0.3, -0.25) is 4.79 Å². The maximum absolute atomic E-state index is 11.5. The summed E-state index contributed by atoms with van der Waals surface area (Å²) in [5.41, 5.74) is 0. The predicted molar refractivity (Wildman–Crippen MR) is 56.5 cm³/mol. The number of ether oxygens (including phenoxy) is 1. The van der Waals surface area contributed by atoms with Crippen LogP contribution in [0.4, 0.5) is 0 Å². The van der Waals surface area contributed by atoms with Gasteiger partial charge in [0.15, 0.2) is 0 Å². The van der Waals surface area contributed by atoms with E-state index in [1.165, 1.54) is 6.42 Å². The maximum atomic E-state index is 11.5. The molecule has 0 spiro atoms. The molecule has 1 fully saturated rings.